The Morgan fingerprint density at radius 2 is 1.22 bits per heavy atom. The van der Waals surface area contributed by atoms with E-state index in [9.17, 15) is 0 Å². The number of nitrogens with zero attached hydrogens (tertiary/aromatic N) is 2. The SMILES string of the molecule is CCCCCCCCCCC/C=C(\CCCCCCCCCCCC)c1ccc2c(c1)ncn2C(C)C. The lowest BCUT2D eigenvalue weighted by Gasteiger charge is -2.11. The number of imidazole rings is 1. The van der Waals surface area contributed by atoms with Crippen molar-refractivity contribution in [2.24, 2.45) is 0 Å². The highest BCUT2D eigenvalue weighted by Gasteiger charge is 2.09. The molecule has 2 nitrogen and oxygen atoms in total. The fourth-order valence-corrected chi connectivity index (χ4v) is 5.54. The predicted molar refractivity (Wildman–Crippen MR) is 166 cm³/mol. The first-order chi connectivity index (χ1) is 18.2. The molecule has 0 fully saturated rings. The van der Waals surface area contributed by atoms with Gasteiger partial charge in [-0.25, -0.2) is 4.98 Å². The Kier molecular flexibility index (Phi) is 17.4. The molecule has 1 aromatic carbocycles. The Hall–Kier alpha value is -1.57. The monoisotopic (exact) mass is 508 g/mol. The van der Waals surface area contributed by atoms with Gasteiger partial charge in [0, 0.05) is 6.04 Å². The molecule has 1 heterocycles. The number of aromatic nitrogens is 2. The molecule has 0 aliphatic heterocycles. The topological polar surface area (TPSA) is 17.8 Å². The molecule has 1 aromatic heterocycles. The van der Waals surface area contributed by atoms with Crippen molar-refractivity contribution < 1.29 is 0 Å². The molecule has 210 valence electrons. The van der Waals surface area contributed by atoms with E-state index in [0.29, 0.717) is 6.04 Å². The maximum absolute atomic E-state index is 4.73. The summed E-state index contributed by atoms with van der Waals surface area (Å²) < 4.78 is 2.28. The van der Waals surface area contributed by atoms with Gasteiger partial charge < -0.3 is 4.57 Å². The minimum Gasteiger partial charge on any atom is -0.328 e. The standard InChI is InChI=1S/C35H60N2/c1-5-7-9-11-13-15-17-19-21-23-25-32(26-24-22-20-18-16-14-12-10-8-6-2)33-27-28-35-34(29-33)36-30-37(35)31(3)4/h25,27-31H,5-24,26H2,1-4H3/b32-25+. The molecule has 0 bridgehead atoms. The average Bonchev–Trinajstić information content (AvgIpc) is 3.33. The highest BCUT2D eigenvalue weighted by atomic mass is 15.1. The van der Waals surface area contributed by atoms with Crippen LogP contribution in [0.2, 0.25) is 0 Å². The smallest absolute Gasteiger partial charge is 0.0960 e. The molecule has 2 heteroatoms. The van der Waals surface area contributed by atoms with Crippen LogP contribution >= 0.6 is 0 Å². The number of fused-ring (bicyclic) bond motifs is 1. The van der Waals surface area contributed by atoms with Crippen molar-refractivity contribution in [1.82, 2.24) is 9.55 Å². The van der Waals surface area contributed by atoms with Gasteiger partial charge in [0.2, 0.25) is 0 Å². The van der Waals surface area contributed by atoms with Crippen LogP contribution in [0.1, 0.15) is 174 Å². The maximum atomic E-state index is 4.73. The summed E-state index contributed by atoms with van der Waals surface area (Å²) in [5.41, 5.74) is 5.35. The van der Waals surface area contributed by atoms with Crippen molar-refractivity contribution in [3.05, 3.63) is 36.2 Å². The van der Waals surface area contributed by atoms with Crippen LogP contribution in [0, 0.1) is 0 Å². The van der Waals surface area contributed by atoms with E-state index >= 15 is 0 Å². The van der Waals surface area contributed by atoms with Crippen LogP contribution in [0.25, 0.3) is 16.6 Å². The first kappa shape index (κ1) is 31.6. The molecule has 0 saturated heterocycles. The van der Waals surface area contributed by atoms with Crippen molar-refractivity contribution in [2.75, 3.05) is 0 Å². The van der Waals surface area contributed by atoms with E-state index in [1.165, 1.54) is 146 Å². The van der Waals surface area contributed by atoms with Gasteiger partial charge in [-0.1, -0.05) is 135 Å². The highest BCUT2D eigenvalue weighted by Crippen LogP contribution is 2.27. The molecule has 0 aliphatic rings. The van der Waals surface area contributed by atoms with Crippen LogP contribution in [0.3, 0.4) is 0 Å². The number of allylic oxidation sites excluding steroid dienone is 2. The summed E-state index contributed by atoms with van der Waals surface area (Å²) in [7, 11) is 0. The molecule has 0 amide bonds. The Bertz CT molecular complexity index is 844. The van der Waals surface area contributed by atoms with Crippen LogP contribution in [-0.2, 0) is 0 Å². The van der Waals surface area contributed by atoms with E-state index in [-0.39, 0.29) is 0 Å². The molecular formula is C35H60N2. The number of hydrogen-bond donors (Lipinski definition) is 0. The summed E-state index contributed by atoms with van der Waals surface area (Å²) in [5.74, 6) is 0. The Morgan fingerprint density at radius 1 is 0.703 bits per heavy atom. The van der Waals surface area contributed by atoms with E-state index in [2.05, 4.69) is 56.5 Å². The zero-order chi connectivity index (χ0) is 26.6. The van der Waals surface area contributed by atoms with Crippen LogP contribution in [0.15, 0.2) is 30.6 Å². The lowest BCUT2D eigenvalue weighted by atomic mass is 9.96. The van der Waals surface area contributed by atoms with Crippen LogP contribution in [-0.4, -0.2) is 9.55 Å². The zero-order valence-electron chi connectivity index (χ0n) is 25.2. The summed E-state index contributed by atoms with van der Waals surface area (Å²) in [5, 5.41) is 0. The molecule has 0 saturated carbocycles. The quantitative estimate of drug-likeness (QED) is 0.136. The molecule has 37 heavy (non-hydrogen) atoms. The van der Waals surface area contributed by atoms with Crippen LogP contribution < -0.4 is 0 Å². The van der Waals surface area contributed by atoms with Crippen molar-refractivity contribution in [3.63, 3.8) is 0 Å². The van der Waals surface area contributed by atoms with Gasteiger partial charge >= 0.3 is 0 Å². The molecule has 0 aliphatic carbocycles. The van der Waals surface area contributed by atoms with E-state index in [4.69, 9.17) is 4.98 Å². The number of unbranched alkanes of at least 4 members (excludes halogenated alkanes) is 18. The number of rotatable bonds is 23. The number of benzene rings is 1. The molecular weight excluding hydrogens is 448 g/mol. The zero-order valence-corrected chi connectivity index (χ0v) is 25.2. The normalized spacial score (nSPS) is 12.3. The highest BCUT2D eigenvalue weighted by molar-refractivity contribution is 5.81. The second kappa shape index (κ2) is 20.4. The van der Waals surface area contributed by atoms with Crippen molar-refractivity contribution in [2.45, 2.75) is 169 Å². The Morgan fingerprint density at radius 3 is 1.76 bits per heavy atom. The van der Waals surface area contributed by atoms with E-state index in [0.717, 1.165) is 5.52 Å². The Balaban J connectivity index is 1.81. The summed E-state index contributed by atoms with van der Waals surface area (Å²) in [4.78, 5) is 4.73. The third-order valence-corrected chi connectivity index (χ3v) is 8.00. The van der Waals surface area contributed by atoms with Gasteiger partial charge in [0.1, 0.15) is 0 Å². The predicted octanol–water partition coefficient (Wildman–Crippen LogP) is 12.2. The molecule has 0 N–H and O–H groups in total. The van der Waals surface area contributed by atoms with Gasteiger partial charge in [0.25, 0.3) is 0 Å². The van der Waals surface area contributed by atoms with Gasteiger partial charge in [0.05, 0.1) is 17.4 Å². The van der Waals surface area contributed by atoms with E-state index in [1.807, 2.05) is 6.33 Å². The first-order valence-corrected chi connectivity index (χ1v) is 16.3. The van der Waals surface area contributed by atoms with Gasteiger partial charge in [-0.2, -0.15) is 0 Å². The summed E-state index contributed by atoms with van der Waals surface area (Å²) in [6.45, 7) is 9.07. The second-order valence-electron chi connectivity index (χ2n) is 11.7. The van der Waals surface area contributed by atoms with E-state index in [1.54, 1.807) is 5.57 Å². The second-order valence-corrected chi connectivity index (χ2v) is 11.7. The van der Waals surface area contributed by atoms with Gasteiger partial charge in [-0.05, 0) is 62.8 Å². The first-order valence-electron chi connectivity index (χ1n) is 16.3. The molecule has 0 spiro atoms. The average molecular weight is 509 g/mol. The van der Waals surface area contributed by atoms with Crippen LogP contribution in [0.5, 0.6) is 0 Å². The third-order valence-electron chi connectivity index (χ3n) is 8.00. The largest absolute Gasteiger partial charge is 0.328 e. The molecule has 0 radical (unpaired) electrons. The van der Waals surface area contributed by atoms with Crippen LogP contribution in [0.4, 0.5) is 0 Å². The van der Waals surface area contributed by atoms with Crippen molar-refractivity contribution >= 4 is 16.6 Å². The Labute approximate surface area is 230 Å². The lowest BCUT2D eigenvalue weighted by molar-refractivity contribution is 0.558. The summed E-state index contributed by atoms with van der Waals surface area (Å²) in [6, 6.07) is 7.43. The molecule has 0 atom stereocenters. The summed E-state index contributed by atoms with van der Waals surface area (Å²) in [6.07, 6.45) is 33.6. The van der Waals surface area contributed by atoms with Gasteiger partial charge in [-0.15, -0.1) is 0 Å². The minimum atomic E-state index is 0.448. The van der Waals surface area contributed by atoms with Gasteiger partial charge in [0.15, 0.2) is 0 Å². The fraction of sp³-hybridized carbons (Fsp3) is 0.743. The molecule has 2 aromatic rings. The van der Waals surface area contributed by atoms with Crippen molar-refractivity contribution in [1.29, 1.82) is 0 Å². The maximum Gasteiger partial charge on any atom is 0.0960 e. The summed E-state index contributed by atoms with van der Waals surface area (Å²) >= 11 is 0. The third kappa shape index (κ3) is 13.2. The number of hydrogen-bond acceptors (Lipinski definition) is 1. The minimum absolute atomic E-state index is 0.448. The molecule has 0 unspecified atom stereocenters. The lowest BCUT2D eigenvalue weighted by Crippen LogP contribution is -1.98. The molecule has 2 rings (SSSR count). The van der Waals surface area contributed by atoms with Gasteiger partial charge in [-0.3, -0.25) is 0 Å². The van der Waals surface area contributed by atoms with Crippen molar-refractivity contribution in [3.8, 4) is 0 Å². The van der Waals surface area contributed by atoms with E-state index < -0.39 is 0 Å². The fourth-order valence-electron chi connectivity index (χ4n) is 5.54.